The van der Waals surface area contributed by atoms with E-state index in [0.29, 0.717) is 25.2 Å². The standard InChI is InChI=1S/C36H60O10S/c1-13-27-36(11)28(25(16-43-36)17-47-24(9)37)21(6)29(38)19(4)15-35(10,42-12)32(22(7)30(39)23(8)33(41)45-27)46-34-31(40)26(18(2)3)14-20(5)44-34/h18-23,25-28,31-32,34,40H,13-17H2,1-12H3/t19-,20-,21?,22+,23?,25?,26-,27-,28-,31-,32-,34+,35-,36-/m1/s1. The maximum Gasteiger partial charge on any atom is 0.316 e. The fourth-order valence-corrected chi connectivity index (χ4v) is 9.26. The van der Waals surface area contributed by atoms with E-state index < -0.39 is 71.2 Å². The summed E-state index contributed by atoms with van der Waals surface area (Å²) in [5.41, 5.74) is -2.19. The topological polar surface area (TPSA) is 135 Å². The maximum absolute atomic E-state index is 14.4. The first kappa shape index (κ1) is 40.1. The van der Waals surface area contributed by atoms with Gasteiger partial charge < -0.3 is 28.8 Å². The number of carbonyl (C=O) groups is 4. The molecule has 3 rings (SSSR count). The molecule has 3 heterocycles. The highest BCUT2D eigenvalue weighted by atomic mass is 32.2. The zero-order valence-electron chi connectivity index (χ0n) is 30.6. The molecule has 1 N–H and O–H groups in total. The first-order chi connectivity index (χ1) is 21.8. The Hall–Kier alpha value is -1.37. The van der Waals surface area contributed by atoms with Gasteiger partial charge in [-0.3, -0.25) is 19.2 Å². The average Bonchev–Trinajstić information content (AvgIpc) is 3.36. The highest BCUT2D eigenvalue weighted by Gasteiger charge is 2.57. The summed E-state index contributed by atoms with van der Waals surface area (Å²) in [5, 5.41) is 11.4. The van der Waals surface area contributed by atoms with Crippen molar-refractivity contribution in [2.45, 2.75) is 137 Å². The summed E-state index contributed by atoms with van der Waals surface area (Å²) in [4.78, 5) is 54.2. The van der Waals surface area contributed by atoms with Crippen molar-refractivity contribution in [1.29, 1.82) is 0 Å². The number of hydrogen-bond donors (Lipinski definition) is 1. The van der Waals surface area contributed by atoms with Gasteiger partial charge in [0.2, 0.25) is 0 Å². The van der Waals surface area contributed by atoms with Gasteiger partial charge in [0.25, 0.3) is 0 Å². The summed E-state index contributed by atoms with van der Waals surface area (Å²) in [6.07, 6.45) is -2.56. The number of rotatable bonds is 7. The number of ketones is 2. The van der Waals surface area contributed by atoms with Crippen LogP contribution in [0.1, 0.15) is 95.4 Å². The number of cyclic esters (lactones) is 1. The van der Waals surface area contributed by atoms with Crippen molar-refractivity contribution in [3.63, 3.8) is 0 Å². The highest BCUT2D eigenvalue weighted by molar-refractivity contribution is 8.13. The second-order valence-electron chi connectivity index (χ2n) is 15.1. The molecule has 10 nitrogen and oxygen atoms in total. The third-order valence-electron chi connectivity index (χ3n) is 11.3. The lowest BCUT2D eigenvalue weighted by atomic mass is 9.67. The first-order valence-electron chi connectivity index (χ1n) is 17.4. The number of aliphatic hydroxyl groups excluding tert-OH is 1. The number of hydrogen-bond acceptors (Lipinski definition) is 11. The van der Waals surface area contributed by atoms with Gasteiger partial charge in [-0.05, 0) is 64.7 Å². The quantitative estimate of drug-likeness (QED) is 0.278. The fourth-order valence-electron chi connectivity index (χ4n) is 8.50. The molecule has 3 aliphatic heterocycles. The number of methoxy groups -OCH3 is 1. The second-order valence-corrected chi connectivity index (χ2v) is 16.3. The first-order valence-corrected chi connectivity index (χ1v) is 18.4. The number of Topliss-reactive ketones (excluding diaryl/α,β-unsaturated/α-hetero) is 2. The van der Waals surface area contributed by atoms with Gasteiger partial charge in [-0.2, -0.15) is 0 Å². The van der Waals surface area contributed by atoms with Gasteiger partial charge in [-0.1, -0.05) is 53.3 Å². The Kier molecular flexibility index (Phi) is 13.7. The minimum Gasteiger partial charge on any atom is -0.459 e. The van der Waals surface area contributed by atoms with Crippen LogP contribution in [0.2, 0.25) is 0 Å². The average molecular weight is 685 g/mol. The van der Waals surface area contributed by atoms with Gasteiger partial charge in [-0.25, -0.2) is 0 Å². The summed E-state index contributed by atoms with van der Waals surface area (Å²) >= 11 is 1.20. The Morgan fingerprint density at radius 3 is 2.26 bits per heavy atom. The van der Waals surface area contributed by atoms with E-state index in [1.807, 2.05) is 55.4 Å². The van der Waals surface area contributed by atoms with Crippen molar-refractivity contribution >= 4 is 34.4 Å². The molecular weight excluding hydrogens is 624 g/mol. The molecular formula is C36H60O10S. The molecule has 0 radical (unpaired) electrons. The predicted octanol–water partition coefficient (Wildman–Crippen LogP) is 5.25. The molecule has 3 aliphatic rings. The van der Waals surface area contributed by atoms with E-state index in [1.54, 1.807) is 13.8 Å². The molecule has 47 heavy (non-hydrogen) atoms. The van der Waals surface area contributed by atoms with Crippen LogP contribution in [-0.2, 0) is 42.9 Å². The summed E-state index contributed by atoms with van der Waals surface area (Å²) in [7, 11) is 1.52. The number of esters is 1. The fraction of sp³-hybridized carbons (Fsp3) is 0.889. The van der Waals surface area contributed by atoms with Crippen LogP contribution >= 0.6 is 11.8 Å². The minimum absolute atomic E-state index is 0.0143. The molecule has 0 aromatic rings. The van der Waals surface area contributed by atoms with Gasteiger partial charge >= 0.3 is 5.97 Å². The number of thioether (sulfide) groups is 1. The molecule has 0 amide bonds. The number of aliphatic hydroxyl groups is 1. The van der Waals surface area contributed by atoms with Crippen LogP contribution in [0.3, 0.4) is 0 Å². The lowest BCUT2D eigenvalue weighted by Crippen LogP contribution is -2.57. The molecule has 11 heteroatoms. The summed E-state index contributed by atoms with van der Waals surface area (Å²) < 4.78 is 31.4. The molecule has 0 saturated carbocycles. The van der Waals surface area contributed by atoms with E-state index >= 15 is 0 Å². The molecule has 0 bridgehead atoms. The molecule has 14 atom stereocenters. The molecule has 0 spiro atoms. The van der Waals surface area contributed by atoms with E-state index in [2.05, 4.69) is 0 Å². The van der Waals surface area contributed by atoms with Crippen molar-refractivity contribution in [3.05, 3.63) is 0 Å². The minimum atomic E-state index is -1.18. The molecule has 3 fully saturated rings. The van der Waals surface area contributed by atoms with E-state index in [9.17, 15) is 24.3 Å². The van der Waals surface area contributed by atoms with E-state index in [-0.39, 0.29) is 47.1 Å². The molecule has 0 aromatic heterocycles. The normalized spacial score (nSPS) is 44.2. The Labute approximate surface area is 286 Å². The van der Waals surface area contributed by atoms with Crippen molar-refractivity contribution in [2.24, 2.45) is 47.3 Å². The summed E-state index contributed by atoms with van der Waals surface area (Å²) in [6, 6.07) is 0. The van der Waals surface area contributed by atoms with E-state index in [4.69, 9.17) is 23.7 Å². The number of fused-ring (bicyclic) bond motifs is 1. The van der Waals surface area contributed by atoms with Crippen LogP contribution in [0.25, 0.3) is 0 Å². The summed E-state index contributed by atoms with van der Waals surface area (Å²) in [5.74, 6) is -4.04. The number of ether oxygens (including phenoxy) is 5. The van der Waals surface area contributed by atoms with Crippen LogP contribution in [-0.4, -0.2) is 89.1 Å². The van der Waals surface area contributed by atoms with Crippen molar-refractivity contribution < 1.29 is 48.0 Å². The number of carbonyl (C=O) groups excluding carboxylic acids is 4. The Morgan fingerprint density at radius 2 is 1.70 bits per heavy atom. The van der Waals surface area contributed by atoms with Crippen molar-refractivity contribution in [3.8, 4) is 0 Å². The predicted molar refractivity (Wildman–Crippen MR) is 180 cm³/mol. The Balaban J connectivity index is 2.11. The van der Waals surface area contributed by atoms with Gasteiger partial charge in [-0.15, -0.1) is 0 Å². The smallest absolute Gasteiger partial charge is 0.316 e. The Bertz CT molecular complexity index is 1130. The van der Waals surface area contributed by atoms with E-state index in [0.717, 1.165) is 0 Å². The maximum atomic E-state index is 14.4. The van der Waals surface area contributed by atoms with Crippen LogP contribution in [0, 0.1) is 47.3 Å². The highest BCUT2D eigenvalue weighted by Crippen LogP contribution is 2.48. The third-order valence-corrected chi connectivity index (χ3v) is 12.3. The van der Waals surface area contributed by atoms with Crippen molar-refractivity contribution in [2.75, 3.05) is 19.5 Å². The van der Waals surface area contributed by atoms with Crippen LogP contribution < -0.4 is 0 Å². The zero-order valence-corrected chi connectivity index (χ0v) is 31.4. The molecule has 0 aromatic carbocycles. The van der Waals surface area contributed by atoms with Crippen LogP contribution in [0.5, 0.6) is 0 Å². The Morgan fingerprint density at radius 1 is 1.06 bits per heavy atom. The lowest BCUT2D eigenvalue weighted by Gasteiger charge is -2.47. The van der Waals surface area contributed by atoms with Crippen LogP contribution in [0.15, 0.2) is 0 Å². The largest absolute Gasteiger partial charge is 0.459 e. The van der Waals surface area contributed by atoms with Gasteiger partial charge in [0, 0.05) is 43.5 Å². The monoisotopic (exact) mass is 684 g/mol. The second kappa shape index (κ2) is 16.1. The van der Waals surface area contributed by atoms with Gasteiger partial charge in [0.05, 0.1) is 24.4 Å². The third kappa shape index (κ3) is 8.51. The zero-order chi connectivity index (χ0) is 35.6. The molecule has 3 unspecified atom stereocenters. The molecule has 3 saturated heterocycles. The molecule has 270 valence electrons. The van der Waals surface area contributed by atoms with Crippen molar-refractivity contribution in [1.82, 2.24) is 0 Å². The summed E-state index contributed by atoms with van der Waals surface area (Å²) in [6.45, 7) is 20.4. The van der Waals surface area contributed by atoms with Gasteiger partial charge in [0.15, 0.2) is 17.2 Å². The molecule has 0 aliphatic carbocycles. The lowest BCUT2D eigenvalue weighted by molar-refractivity contribution is -0.299. The SMILES string of the molecule is CC[C@H]1OC(=O)C(C)C(=O)[C@H](C)[C@@H](O[C@@H]2O[C@H](C)C[C@H](C(C)C)[C@H]2O)[C@](C)(OC)C[C@@H](C)C(=O)C(C)[C@@H]2C(CSC(C)=O)CO[C@@]21C. The van der Waals surface area contributed by atoms with E-state index in [1.165, 1.54) is 25.8 Å². The van der Waals surface area contributed by atoms with Gasteiger partial charge in [0.1, 0.15) is 29.5 Å². The van der Waals surface area contributed by atoms with Crippen LogP contribution in [0.4, 0.5) is 0 Å².